The van der Waals surface area contributed by atoms with Crippen molar-refractivity contribution in [3.05, 3.63) is 17.3 Å². The van der Waals surface area contributed by atoms with E-state index in [0.29, 0.717) is 12.5 Å². The Labute approximate surface area is 125 Å². The summed E-state index contributed by atoms with van der Waals surface area (Å²) in [7, 11) is 4.20. The van der Waals surface area contributed by atoms with Gasteiger partial charge in [-0.1, -0.05) is 13.8 Å². The van der Waals surface area contributed by atoms with Crippen LogP contribution in [0.1, 0.15) is 19.5 Å². The van der Waals surface area contributed by atoms with E-state index in [4.69, 9.17) is 10.7 Å². The molecule has 2 rings (SSSR count). The Bertz CT molecular complexity index is 543. The summed E-state index contributed by atoms with van der Waals surface area (Å²) in [5.41, 5.74) is 7.06. The van der Waals surface area contributed by atoms with Crippen molar-refractivity contribution in [2.45, 2.75) is 20.4 Å². The highest BCUT2D eigenvalue weighted by atomic mass is 32.1. The number of thiazole rings is 1. The number of fused-ring (bicyclic) bond motifs is 1. The fourth-order valence-corrected chi connectivity index (χ4v) is 3.04. The fraction of sp³-hybridized carbons (Fsp3) is 0.643. The van der Waals surface area contributed by atoms with E-state index in [1.807, 2.05) is 0 Å². The number of nitrogens with two attached hydrogens (primary N) is 1. The maximum atomic E-state index is 5.95. The molecule has 0 spiro atoms. The Morgan fingerprint density at radius 1 is 1.35 bits per heavy atom. The zero-order valence-electron chi connectivity index (χ0n) is 12.8. The van der Waals surface area contributed by atoms with Crippen LogP contribution in [0.4, 0.5) is 5.82 Å². The first-order valence-corrected chi connectivity index (χ1v) is 7.95. The molecule has 2 N–H and O–H groups in total. The first-order chi connectivity index (χ1) is 9.52. The summed E-state index contributed by atoms with van der Waals surface area (Å²) >= 11 is 1.66. The average Bonchev–Trinajstić information content (AvgIpc) is 2.93. The van der Waals surface area contributed by atoms with Crippen molar-refractivity contribution in [1.29, 1.82) is 0 Å². The van der Waals surface area contributed by atoms with Crippen molar-refractivity contribution in [3.63, 3.8) is 0 Å². The topological polar surface area (TPSA) is 49.8 Å². The summed E-state index contributed by atoms with van der Waals surface area (Å²) in [5.74, 6) is 1.65. The first-order valence-electron chi connectivity index (χ1n) is 7.07. The number of rotatable bonds is 7. The lowest BCUT2D eigenvalue weighted by molar-refractivity contribution is 0.408. The van der Waals surface area contributed by atoms with Crippen LogP contribution < -0.4 is 10.6 Å². The second-order valence-corrected chi connectivity index (χ2v) is 6.66. The van der Waals surface area contributed by atoms with E-state index < -0.39 is 0 Å². The van der Waals surface area contributed by atoms with Crippen LogP contribution in [-0.4, -0.2) is 48.0 Å². The highest BCUT2D eigenvalue weighted by molar-refractivity contribution is 7.15. The minimum atomic E-state index is 0.518. The molecule has 0 amide bonds. The number of hydrogen-bond donors (Lipinski definition) is 1. The van der Waals surface area contributed by atoms with Crippen molar-refractivity contribution >= 4 is 22.1 Å². The van der Waals surface area contributed by atoms with Gasteiger partial charge in [-0.05, 0) is 20.0 Å². The third-order valence-electron chi connectivity index (χ3n) is 3.24. The van der Waals surface area contributed by atoms with Gasteiger partial charge in [-0.25, -0.2) is 4.98 Å². The van der Waals surface area contributed by atoms with Crippen LogP contribution in [0.3, 0.4) is 0 Å². The van der Waals surface area contributed by atoms with Crippen molar-refractivity contribution in [3.8, 4) is 0 Å². The maximum absolute atomic E-state index is 5.95. The van der Waals surface area contributed by atoms with Gasteiger partial charge in [-0.3, -0.25) is 4.40 Å². The van der Waals surface area contributed by atoms with Crippen molar-refractivity contribution in [2.24, 2.45) is 11.7 Å². The van der Waals surface area contributed by atoms with Gasteiger partial charge in [0.2, 0.25) is 0 Å². The summed E-state index contributed by atoms with van der Waals surface area (Å²) in [6.45, 7) is 7.99. The Hall–Kier alpha value is -1.11. The first kappa shape index (κ1) is 15.3. The van der Waals surface area contributed by atoms with E-state index in [1.165, 1.54) is 0 Å². The van der Waals surface area contributed by atoms with Crippen LogP contribution in [0.15, 0.2) is 11.6 Å². The van der Waals surface area contributed by atoms with Crippen molar-refractivity contribution in [2.75, 3.05) is 38.6 Å². The molecule has 0 bridgehead atoms. The third-order valence-corrected chi connectivity index (χ3v) is 3.99. The van der Waals surface area contributed by atoms with Crippen molar-refractivity contribution < 1.29 is 0 Å². The van der Waals surface area contributed by atoms with Crippen LogP contribution in [0.25, 0.3) is 4.96 Å². The summed E-state index contributed by atoms with van der Waals surface area (Å²) in [6, 6.07) is 0. The molecule has 0 aliphatic carbocycles. The molecule has 20 heavy (non-hydrogen) atoms. The van der Waals surface area contributed by atoms with Crippen LogP contribution >= 0.6 is 11.3 Å². The summed E-state index contributed by atoms with van der Waals surface area (Å²) in [6.07, 6.45) is 2.05. The van der Waals surface area contributed by atoms with E-state index in [-0.39, 0.29) is 0 Å². The molecule has 0 fully saturated rings. The molecule has 2 aromatic rings. The Balaban J connectivity index is 2.30. The van der Waals surface area contributed by atoms with E-state index in [1.54, 1.807) is 11.3 Å². The molecule has 2 heterocycles. The minimum absolute atomic E-state index is 0.518. The number of aromatic nitrogens is 2. The van der Waals surface area contributed by atoms with Crippen LogP contribution in [-0.2, 0) is 6.54 Å². The number of hydrogen-bond acceptors (Lipinski definition) is 5. The fourth-order valence-electron chi connectivity index (χ4n) is 2.31. The highest BCUT2D eigenvalue weighted by Crippen LogP contribution is 2.25. The predicted octanol–water partition coefficient (Wildman–Crippen LogP) is 1.88. The Morgan fingerprint density at radius 3 is 2.70 bits per heavy atom. The highest BCUT2D eigenvalue weighted by Gasteiger charge is 2.18. The quantitative estimate of drug-likeness (QED) is 0.847. The van der Waals surface area contributed by atoms with E-state index in [2.05, 4.69) is 53.7 Å². The standard InChI is InChI=1S/C14H25N5S/c1-11(2)10-18(6-5-17(3)4)13-12(9-15)19-7-8-20-14(19)16-13/h7-8,11H,5-6,9-10,15H2,1-4H3. The molecule has 0 aliphatic rings. The van der Waals surface area contributed by atoms with E-state index >= 15 is 0 Å². The van der Waals surface area contributed by atoms with Gasteiger partial charge in [0, 0.05) is 37.8 Å². The molecule has 0 atom stereocenters. The summed E-state index contributed by atoms with van der Waals surface area (Å²) in [5, 5.41) is 2.05. The molecule has 5 nitrogen and oxygen atoms in total. The Kier molecular flexibility index (Phi) is 5.01. The molecule has 112 valence electrons. The minimum Gasteiger partial charge on any atom is -0.353 e. The molecule has 2 aromatic heterocycles. The van der Waals surface area contributed by atoms with E-state index in [0.717, 1.165) is 36.1 Å². The van der Waals surface area contributed by atoms with E-state index in [9.17, 15) is 0 Å². The van der Waals surface area contributed by atoms with Gasteiger partial charge in [0.25, 0.3) is 0 Å². The molecule has 0 aromatic carbocycles. The molecule has 0 saturated carbocycles. The SMILES string of the molecule is CC(C)CN(CCN(C)C)c1nc2sccn2c1CN. The lowest BCUT2D eigenvalue weighted by Crippen LogP contribution is -2.35. The maximum Gasteiger partial charge on any atom is 0.195 e. The normalized spacial score (nSPS) is 11.9. The largest absolute Gasteiger partial charge is 0.353 e. The second-order valence-electron chi connectivity index (χ2n) is 5.78. The predicted molar refractivity (Wildman–Crippen MR) is 86.6 cm³/mol. The van der Waals surface area contributed by atoms with Gasteiger partial charge in [0.1, 0.15) is 0 Å². The molecule has 0 saturated heterocycles. The number of likely N-dealkylation sites (N-methyl/N-ethyl adjacent to an activating group) is 1. The smallest absolute Gasteiger partial charge is 0.195 e. The van der Waals surface area contributed by atoms with Gasteiger partial charge < -0.3 is 15.5 Å². The Morgan fingerprint density at radius 2 is 2.10 bits per heavy atom. The summed E-state index contributed by atoms with van der Waals surface area (Å²) < 4.78 is 2.11. The zero-order chi connectivity index (χ0) is 14.7. The molecular formula is C14H25N5S. The van der Waals surface area contributed by atoms with Gasteiger partial charge in [0.15, 0.2) is 10.8 Å². The monoisotopic (exact) mass is 295 g/mol. The number of nitrogens with zero attached hydrogens (tertiary/aromatic N) is 4. The molecular weight excluding hydrogens is 270 g/mol. The van der Waals surface area contributed by atoms with Gasteiger partial charge in [0.05, 0.1) is 5.69 Å². The van der Waals surface area contributed by atoms with Gasteiger partial charge in [-0.2, -0.15) is 0 Å². The van der Waals surface area contributed by atoms with Crippen molar-refractivity contribution in [1.82, 2.24) is 14.3 Å². The number of imidazole rings is 1. The second kappa shape index (κ2) is 6.56. The average molecular weight is 295 g/mol. The lowest BCUT2D eigenvalue weighted by atomic mass is 10.2. The zero-order valence-corrected chi connectivity index (χ0v) is 13.7. The van der Waals surface area contributed by atoms with Crippen LogP contribution in [0.2, 0.25) is 0 Å². The number of anilines is 1. The van der Waals surface area contributed by atoms with Gasteiger partial charge in [-0.15, -0.1) is 11.3 Å². The van der Waals surface area contributed by atoms with Gasteiger partial charge >= 0.3 is 0 Å². The lowest BCUT2D eigenvalue weighted by Gasteiger charge is -2.27. The van der Waals surface area contributed by atoms with Crippen LogP contribution in [0, 0.1) is 5.92 Å². The molecule has 6 heteroatoms. The molecule has 0 unspecified atom stereocenters. The molecule has 0 radical (unpaired) electrons. The third kappa shape index (κ3) is 3.31. The van der Waals surface area contributed by atoms with Crippen LogP contribution in [0.5, 0.6) is 0 Å². The summed E-state index contributed by atoms with van der Waals surface area (Å²) in [4.78, 5) is 10.4. The molecule has 0 aliphatic heterocycles.